The quantitative estimate of drug-likeness (QED) is 0.627. The molecule has 3 rings (SSSR count). The molecule has 0 saturated carbocycles. The van der Waals surface area contributed by atoms with E-state index in [9.17, 15) is 9.18 Å². The lowest BCUT2D eigenvalue weighted by atomic mass is 9.96. The first kappa shape index (κ1) is 18.5. The van der Waals surface area contributed by atoms with Gasteiger partial charge in [-0.1, -0.05) is 43.3 Å². The van der Waals surface area contributed by atoms with Gasteiger partial charge in [0.1, 0.15) is 5.82 Å². The third kappa shape index (κ3) is 3.79. The summed E-state index contributed by atoms with van der Waals surface area (Å²) in [7, 11) is 1.55. The lowest BCUT2D eigenvalue weighted by Gasteiger charge is -2.16. The van der Waals surface area contributed by atoms with Crippen LogP contribution < -0.4 is 5.32 Å². The Kier molecular flexibility index (Phi) is 6.01. The van der Waals surface area contributed by atoms with Crippen LogP contribution in [0.25, 0.3) is 10.1 Å². The maximum absolute atomic E-state index is 14.3. The Bertz CT molecular complexity index is 892. The molecule has 1 atom stereocenters. The van der Waals surface area contributed by atoms with Crippen LogP contribution in [0.15, 0.2) is 48.5 Å². The van der Waals surface area contributed by atoms with Gasteiger partial charge in [0, 0.05) is 35.2 Å². The number of benzene rings is 2. The number of amides is 1. The van der Waals surface area contributed by atoms with Crippen LogP contribution in [-0.2, 0) is 11.3 Å². The van der Waals surface area contributed by atoms with E-state index in [1.807, 2.05) is 24.3 Å². The van der Waals surface area contributed by atoms with E-state index in [1.165, 1.54) is 23.0 Å². The summed E-state index contributed by atoms with van der Waals surface area (Å²) < 4.78 is 20.2. The second kappa shape index (κ2) is 8.43. The molecule has 0 radical (unpaired) electrons. The summed E-state index contributed by atoms with van der Waals surface area (Å²) in [5, 5.41) is 3.51. The largest absolute Gasteiger partial charge is 0.380 e. The topological polar surface area (TPSA) is 38.3 Å². The van der Waals surface area contributed by atoms with Gasteiger partial charge in [0.15, 0.2) is 0 Å². The Hall–Kier alpha value is -2.24. The Morgan fingerprint density at radius 2 is 1.96 bits per heavy atom. The van der Waals surface area contributed by atoms with Crippen LogP contribution in [0, 0.1) is 5.82 Å². The molecular formula is C21H22FNO2S. The highest BCUT2D eigenvalue weighted by atomic mass is 32.1. The summed E-state index contributed by atoms with van der Waals surface area (Å²) in [6, 6.07) is 15.1. The predicted molar refractivity (Wildman–Crippen MR) is 104 cm³/mol. The van der Waals surface area contributed by atoms with Crippen molar-refractivity contribution >= 4 is 27.3 Å². The molecule has 1 aromatic heterocycles. The minimum atomic E-state index is -0.319. The molecule has 0 aliphatic carbocycles. The molecule has 0 fully saturated rings. The van der Waals surface area contributed by atoms with Gasteiger partial charge in [0.2, 0.25) is 0 Å². The number of hydrogen-bond donors (Lipinski definition) is 1. The van der Waals surface area contributed by atoms with Crippen molar-refractivity contribution in [3.8, 4) is 0 Å². The summed E-state index contributed by atoms with van der Waals surface area (Å²) in [6.07, 6.45) is 0.927. The number of rotatable bonds is 7. The van der Waals surface area contributed by atoms with E-state index in [0.29, 0.717) is 22.4 Å². The zero-order valence-corrected chi connectivity index (χ0v) is 15.7. The Morgan fingerprint density at radius 3 is 2.65 bits per heavy atom. The van der Waals surface area contributed by atoms with Crippen LogP contribution in [0.1, 0.15) is 40.1 Å². The molecule has 0 aliphatic rings. The first-order valence-electron chi connectivity index (χ1n) is 8.67. The third-order valence-corrected chi connectivity index (χ3v) is 5.73. The molecule has 3 nitrogen and oxygen atoms in total. The van der Waals surface area contributed by atoms with Crippen LogP contribution in [0.4, 0.5) is 4.39 Å². The van der Waals surface area contributed by atoms with Crippen LogP contribution in [0.3, 0.4) is 0 Å². The maximum Gasteiger partial charge on any atom is 0.261 e. The molecule has 5 heteroatoms. The molecule has 1 heterocycles. The van der Waals surface area contributed by atoms with Crippen molar-refractivity contribution in [1.82, 2.24) is 5.32 Å². The van der Waals surface area contributed by atoms with Crippen molar-refractivity contribution in [3.05, 3.63) is 70.4 Å². The molecule has 1 N–H and O–H groups in total. The van der Waals surface area contributed by atoms with E-state index in [1.54, 1.807) is 13.2 Å². The van der Waals surface area contributed by atoms with E-state index in [4.69, 9.17) is 4.74 Å². The number of halogens is 1. The molecule has 136 valence electrons. The summed E-state index contributed by atoms with van der Waals surface area (Å²) in [5.41, 5.74) is 1.82. The first-order valence-corrected chi connectivity index (χ1v) is 9.49. The SMILES string of the molecule is CCC(CNC(=O)c1sc2cccc(F)c2c1COC)c1ccccc1. The molecule has 0 saturated heterocycles. The third-order valence-electron chi connectivity index (χ3n) is 4.53. The van der Waals surface area contributed by atoms with Gasteiger partial charge >= 0.3 is 0 Å². The van der Waals surface area contributed by atoms with Crippen molar-refractivity contribution in [2.24, 2.45) is 0 Å². The van der Waals surface area contributed by atoms with Crippen molar-refractivity contribution in [3.63, 3.8) is 0 Å². The van der Waals surface area contributed by atoms with Crippen LogP contribution >= 0.6 is 11.3 Å². The monoisotopic (exact) mass is 371 g/mol. The highest BCUT2D eigenvalue weighted by Crippen LogP contribution is 2.33. The van der Waals surface area contributed by atoms with E-state index < -0.39 is 0 Å². The maximum atomic E-state index is 14.3. The fourth-order valence-corrected chi connectivity index (χ4v) is 4.29. The Labute approximate surface area is 156 Å². The van der Waals surface area contributed by atoms with Crippen molar-refractivity contribution in [2.75, 3.05) is 13.7 Å². The van der Waals surface area contributed by atoms with Gasteiger partial charge in [-0.25, -0.2) is 4.39 Å². The first-order chi connectivity index (χ1) is 12.7. The predicted octanol–water partition coefficient (Wildman–Crippen LogP) is 5.11. The molecular weight excluding hydrogens is 349 g/mol. The minimum absolute atomic E-state index is 0.174. The number of carbonyl (C=O) groups excluding carboxylic acids is 1. The van der Waals surface area contributed by atoms with Crippen LogP contribution in [-0.4, -0.2) is 19.6 Å². The van der Waals surface area contributed by atoms with E-state index in [-0.39, 0.29) is 24.2 Å². The summed E-state index contributed by atoms with van der Waals surface area (Å²) in [5.74, 6) is -0.246. The van der Waals surface area contributed by atoms with Gasteiger partial charge in [0.05, 0.1) is 11.5 Å². The lowest BCUT2D eigenvalue weighted by molar-refractivity contribution is 0.0950. The second-order valence-electron chi connectivity index (χ2n) is 6.18. The molecule has 0 bridgehead atoms. The van der Waals surface area contributed by atoms with Gasteiger partial charge < -0.3 is 10.1 Å². The number of methoxy groups -OCH3 is 1. The second-order valence-corrected chi connectivity index (χ2v) is 7.23. The highest BCUT2D eigenvalue weighted by Gasteiger charge is 2.21. The van der Waals surface area contributed by atoms with Gasteiger partial charge in [-0.3, -0.25) is 4.79 Å². The molecule has 3 aromatic rings. The van der Waals surface area contributed by atoms with E-state index in [2.05, 4.69) is 24.4 Å². The van der Waals surface area contributed by atoms with E-state index in [0.717, 1.165) is 11.1 Å². The normalized spacial score (nSPS) is 12.3. The molecule has 26 heavy (non-hydrogen) atoms. The van der Waals surface area contributed by atoms with Crippen molar-refractivity contribution < 1.29 is 13.9 Å². The molecule has 0 spiro atoms. The molecule has 1 amide bonds. The van der Waals surface area contributed by atoms with Crippen molar-refractivity contribution in [1.29, 1.82) is 0 Å². The van der Waals surface area contributed by atoms with Crippen LogP contribution in [0.5, 0.6) is 0 Å². The average molecular weight is 371 g/mol. The fraction of sp³-hybridized carbons (Fsp3) is 0.286. The van der Waals surface area contributed by atoms with E-state index >= 15 is 0 Å². The van der Waals surface area contributed by atoms with Crippen LogP contribution in [0.2, 0.25) is 0 Å². The summed E-state index contributed by atoms with van der Waals surface area (Å²) in [6.45, 7) is 2.86. The number of carbonyl (C=O) groups is 1. The number of fused-ring (bicyclic) bond motifs is 1. The zero-order valence-electron chi connectivity index (χ0n) is 14.9. The smallest absolute Gasteiger partial charge is 0.261 e. The highest BCUT2D eigenvalue weighted by molar-refractivity contribution is 7.21. The average Bonchev–Trinajstić information content (AvgIpc) is 3.03. The lowest BCUT2D eigenvalue weighted by Crippen LogP contribution is -2.28. The van der Waals surface area contributed by atoms with Gasteiger partial charge in [-0.2, -0.15) is 0 Å². The fourth-order valence-electron chi connectivity index (χ4n) is 3.15. The Balaban J connectivity index is 1.83. The van der Waals surface area contributed by atoms with Gasteiger partial charge in [-0.15, -0.1) is 11.3 Å². The number of ether oxygens (including phenoxy) is 1. The molecule has 2 aromatic carbocycles. The Morgan fingerprint density at radius 1 is 1.19 bits per heavy atom. The number of thiophene rings is 1. The number of nitrogens with one attached hydrogen (secondary N) is 1. The summed E-state index contributed by atoms with van der Waals surface area (Å²) >= 11 is 1.31. The number of hydrogen-bond acceptors (Lipinski definition) is 3. The van der Waals surface area contributed by atoms with Crippen molar-refractivity contribution in [2.45, 2.75) is 25.9 Å². The summed E-state index contributed by atoms with van der Waals surface area (Å²) in [4.78, 5) is 13.3. The minimum Gasteiger partial charge on any atom is -0.380 e. The van der Waals surface area contributed by atoms with Gasteiger partial charge in [0.25, 0.3) is 5.91 Å². The van der Waals surface area contributed by atoms with Gasteiger partial charge in [-0.05, 0) is 24.1 Å². The standard InChI is InChI=1S/C21H22FNO2S/c1-3-14(15-8-5-4-6-9-15)12-23-21(24)20-16(13-25-2)19-17(22)10-7-11-18(19)26-20/h4-11,14H,3,12-13H2,1-2H3,(H,23,24). The molecule has 0 aliphatic heterocycles. The molecule has 1 unspecified atom stereocenters. The zero-order chi connectivity index (χ0) is 18.5.